The van der Waals surface area contributed by atoms with Crippen LogP contribution in [0.2, 0.25) is 0 Å². The molecule has 1 saturated heterocycles. The second-order valence-electron chi connectivity index (χ2n) is 6.14. The van der Waals surface area contributed by atoms with Crippen molar-refractivity contribution in [2.24, 2.45) is 0 Å². The maximum atomic E-state index is 12.3. The van der Waals surface area contributed by atoms with E-state index in [1.54, 1.807) is 25.3 Å². The summed E-state index contributed by atoms with van der Waals surface area (Å²) in [4.78, 5) is 31.6. The smallest absolute Gasteiger partial charge is 0.262 e. The van der Waals surface area contributed by atoms with Crippen LogP contribution in [0.1, 0.15) is 22.2 Å². The standard InChI is InChI=1S/C18H21BrN4O3S/c1-12(22-18(25)14-2-3-15(19)27-14)17(24)21-11-13-4-5-20-16(10-13)23-6-8-26-9-7-23/h2-5,10,12H,6-9,11H2,1H3,(H,21,24)(H,22,25). The van der Waals surface area contributed by atoms with Gasteiger partial charge in [0.05, 0.1) is 21.9 Å². The normalized spacial score (nSPS) is 15.3. The number of carbonyl (C=O) groups excluding carboxylic acids is 2. The average Bonchev–Trinajstić information content (AvgIpc) is 3.13. The lowest BCUT2D eigenvalue weighted by molar-refractivity contribution is -0.122. The van der Waals surface area contributed by atoms with E-state index < -0.39 is 6.04 Å². The van der Waals surface area contributed by atoms with E-state index >= 15 is 0 Å². The molecular formula is C18H21BrN4O3S. The van der Waals surface area contributed by atoms with E-state index in [2.05, 4.69) is 36.4 Å². The number of nitrogens with zero attached hydrogens (tertiary/aromatic N) is 2. The molecule has 0 saturated carbocycles. The summed E-state index contributed by atoms with van der Waals surface area (Å²) in [7, 11) is 0. The number of morpholine rings is 1. The second kappa shape index (κ2) is 9.29. The number of aromatic nitrogens is 1. The van der Waals surface area contributed by atoms with Gasteiger partial charge in [-0.15, -0.1) is 11.3 Å². The van der Waals surface area contributed by atoms with Gasteiger partial charge in [0.2, 0.25) is 5.91 Å². The number of carbonyl (C=O) groups is 2. The molecule has 9 heteroatoms. The molecule has 0 radical (unpaired) electrons. The molecule has 27 heavy (non-hydrogen) atoms. The van der Waals surface area contributed by atoms with Gasteiger partial charge in [-0.3, -0.25) is 9.59 Å². The van der Waals surface area contributed by atoms with Gasteiger partial charge in [0, 0.05) is 25.8 Å². The van der Waals surface area contributed by atoms with Crippen LogP contribution in [0.4, 0.5) is 5.82 Å². The fourth-order valence-electron chi connectivity index (χ4n) is 2.65. The van der Waals surface area contributed by atoms with Gasteiger partial charge >= 0.3 is 0 Å². The lowest BCUT2D eigenvalue weighted by Gasteiger charge is -2.28. The summed E-state index contributed by atoms with van der Waals surface area (Å²) in [5, 5.41) is 5.57. The molecule has 1 fully saturated rings. The lowest BCUT2D eigenvalue weighted by Crippen LogP contribution is -2.44. The molecule has 0 bridgehead atoms. The Morgan fingerprint density at radius 2 is 2.11 bits per heavy atom. The first-order valence-corrected chi connectivity index (χ1v) is 10.3. The van der Waals surface area contributed by atoms with Crippen LogP contribution in [-0.2, 0) is 16.1 Å². The zero-order chi connectivity index (χ0) is 19.2. The summed E-state index contributed by atoms with van der Waals surface area (Å²) in [5.74, 6) is 0.394. The van der Waals surface area contributed by atoms with E-state index in [-0.39, 0.29) is 11.8 Å². The van der Waals surface area contributed by atoms with Gasteiger partial charge in [-0.1, -0.05) is 0 Å². The van der Waals surface area contributed by atoms with Gasteiger partial charge in [-0.05, 0) is 52.7 Å². The summed E-state index contributed by atoms with van der Waals surface area (Å²) in [6.07, 6.45) is 1.74. The summed E-state index contributed by atoms with van der Waals surface area (Å²) >= 11 is 4.65. The number of rotatable bonds is 6. The van der Waals surface area contributed by atoms with Crippen molar-refractivity contribution in [3.05, 3.63) is 44.7 Å². The molecule has 1 atom stereocenters. The summed E-state index contributed by atoms with van der Waals surface area (Å²) < 4.78 is 6.23. The Morgan fingerprint density at radius 3 is 2.81 bits per heavy atom. The third-order valence-corrected chi connectivity index (χ3v) is 5.77. The number of hydrogen-bond donors (Lipinski definition) is 2. The molecule has 2 aromatic heterocycles. The van der Waals surface area contributed by atoms with Crippen molar-refractivity contribution < 1.29 is 14.3 Å². The Balaban J connectivity index is 1.51. The van der Waals surface area contributed by atoms with Crippen molar-refractivity contribution in [1.29, 1.82) is 0 Å². The van der Waals surface area contributed by atoms with Crippen LogP contribution in [0.25, 0.3) is 0 Å². The van der Waals surface area contributed by atoms with E-state index in [4.69, 9.17) is 4.74 Å². The topological polar surface area (TPSA) is 83.6 Å². The quantitative estimate of drug-likeness (QED) is 0.701. The van der Waals surface area contributed by atoms with E-state index in [1.807, 2.05) is 12.1 Å². The largest absolute Gasteiger partial charge is 0.378 e. The minimum Gasteiger partial charge on any atom is -0.378 e. The first kappa shape index (κ1) is 19.8. The molecule has 2 amide bonds. The average molecular weight is 453 g/mol. The molecule has 1 aliphatic rings. The zero-order valence-corrected chi connectivity index (χ0v) is 17.3. The van der Waals surface area contributed by atoms with Crippen LogP contribution in [0.3, 0.4) is 0 Å². The molecule has 0 aromatic carbocycles. The Morgan fingerprint density at radius 1 is 1.33 bits per heavy atom. The van der Waals surface area contributed by atoms with Crippen LogP contribution in [0.5, 0.6) is 0 Å². The van der Waals surface area contributed by atoms with Crippen molar-refractivity contribution in [3.8, 4) is 0 Å². The summed E-state index contributed by atoms with van der Waals surface area (Å²) in [6.45, 7) is 5.06. The highest BCUT2D eigenvalue weighted by molar-refractivity contribution is 9.11. The molecule has 1 aliphatic heterocycles. The third kappa shape index (κ3) is 5.50. The summed E-state index contributed by atoms with van der Waals surface area (Å²) in [5.41, 5.74) is 0.959. The molecule has 1 unspecified atom stereocenters. The van der Waals surface area contributed by atoms with Gasteiger partial charge in [0.1, 0.15) is 11.9 Å². The monoisotopic (exact) mass is 452 g/mol. The first-order valence-electron chi connectivity index (χ1n) is 8.64. The fourth-order valence-corrected chi connectivity index (χ4v) is 3.94. The van der Waals surface area contributed by atoms with E-state index in [0.717, 1.165) is 28.3 Å². The number of halogens is 1. The fraction of sp³-hybridized carbons (Fsp3) is 0.389. The molecule has 3 heterocycles. The van der Waals surface area contributed by atoms with Crippen molar-refractivity contribution in [2.75, 3.05) is 31.2 Å². The minimum absolute atomic E-state index is 0.233. The number of hydrogen-bond acceptors (Lipinski definition) is 6. The van der Waals surface area contributed by atoms with Crippen LogP contribution in [-0.4, -0.2) is 49.1 Å². The van der Waals surface area contributed by atoms with Gasteiger partial charge in [0.25, 0.3) is 5.91 Å². The van der Waals surface area contributed by atoms with E-state index in [0.29, 0.717) is 24.6 Å². The predicted molar refractivity (Wildman–Crippen MR) is 108 cm³/mol. The first-order chi connectivity index (χ1) is 13.0. The third-order valence-electron chi connectivity index (χ3n) is 4.15. The SMILES string of the molecule is CC(NC(=O)c1ccc(Br)s1)C(=O)NCc1ccnc(N2CCOCC2)c1. The van der Waals surface area contributed by atoms with E-state index in [9.17, 15) is 9.59 Å². The van der Waals surface area contributed by atoms with Crippen molar-refractivity contribution in [2.45, 2.75) is 19.5 Å². The Hall–Kier alpha value is -1.97. The van der Waals surface area contributed by atoms with Gasteiger partial charge in [0.15, 0.2) is 0 Å². The predicted octanol–water partition coefficient (Wildman–Crippen LogP) is 2.18. The number of amides is 2. The molecule has 2 N–H and O–H groups in total. The highest BCUT2D eigenvalue weighted by Crippen LogP contribution is 2.22. The molecule has 0 spiro atoms. The molecule has 7 nitrogen and oxygen atoms in total. The molecule has 0 aliphatic carbocycles. The van der Waals surface area contributed by atoms with Gasteiger partial charge in [-0.2, -0.15) is 0 Å². The Labute approximate surface area is 170 Å². The number of thiophene rings is 1. The van der Waals surface area contributed by atoms with Crippen LogP contribution in [0, 0.1) is 0 Å². The highest BCUT2D eigenvalue weighted by Gasteiger charge is 2.18. The van der Waals surface area contributed by atoms with Gasteiger partial charge in [-0.25, -0.2) is 4.98 Å². The Kier molecular flexibility index (Phi) is 6.81. The van der Waals surface area contributed by atoms with Crippen molar-refractivity contribution in [3.63, 3.8) is 0 Å². The Bertz CT molecular complexity index is 807. The maximum Gasteiger partial charge on any atom is 0.262 e. The van der Waals surface area contributed by atoms with Crippen LogP contribution in [0.15, 0.2) is 34.2 Å². The number of ether oxygens (including phenoxy) is 1. The number of pyridine rings is 1. The van der Waals surface area contributed by atoms with Crippen LogP contribution >= 0.6 is 27.3 Å². The zero-order valence-electron chi connectivity index (χ0n) is 14.9. The molecule has 2 aromatic rings. The van der Waals surface area contributed by atoms with E-state index in [1.165, 1.54) is 11.3 Å². The lowest BCUT2D eigenvalue weighted by atomic mass is 10.2. The molecule has 144 valence electrons. The van der Waals surface area contributed by atoms with Crippen molar-refractivity contribution in [1.82, 2.24) is 15.6 Å². The molecule has 3 rings (SSSR count). The minimum atomic E-state index is -0.626. The van der Waals surface area contributed by atoms with Crippen molar-refractivity contribution >= 4 is 44.9 Å². The van der Waals surface area contributed by atoms with Gasteiger partial charge < -0.3 is 20.3 Å². The second-order valence-corrected chi connectivity index (χ2v) is 8.60. The summed E-state index contributed by atoms with van der Waals surface area (Å²) in [6, 6.07) is 6.74. The number of anilines is 1. The molecular weight excluding hydrogens is 432 g/mol. The highest BCUT2D eigenvalue weighted by atomic mass is 79.9. The number of nitrogens with one attached hydrogen (secondary N) is 2. The van der Waals surface area contributed by atoms with Crippen LogP contribution < -0.4 is 15.5 Å². The maximum absolute atomic E-state index is 12.3.